The van der Waals surface area contributed by atoms with Gasteiger partial charge in [-0.15, -0.1) is 0 Å². The van der Waals surface area contributed by atoms with E-state index in [0.717, 1.165) is 4.90 Å². The van der Waals surface area contributed by atoms with Crippen LogP contribution >= 0.6 is 45.2 Å². The number of rotatable bonds is 4. The summed E-state index contributed by atoms with van der Waals surface area (Å²) in [6, 6.07) is 2.89. The van der Waals surface area contributed by atoms with Gasteiger partial charge in [0.1, 0.15) is 0 Å². The third kappa shape index (κ3) is 4.31. The third-order valence-electron chi connectivity index (χ3n) is 2.02. The first kappa shape index (κ1) is 15.6. The van der Waals surface area contributed by atoms with E-state index in [1.165, 1.54) is 12.1 Å². The van der Waals surface area contributed by atoms with Gasteiger partial charge in [-0.3, -0.25) is 14.9 Å². The van der Waals surface area contributed by atoms with Gasteiger partial charge in [-0.1, -0.05) is 0 Å². The number of nitro groups is 1. The summed E-state index contributed by atoms with van der Waals surface area (Å²) in [6.07, 6.45) is 0. The normalized spacial score (nSPS) is 10.5. The average molecular weight is 476 g/mol. The van der Waals surface area contributed by atoms with Crippen molar-refractivity contribution >= 4 is 62.5 Å². The summed E-state index contributed by atoms with van der Waals surface area (Å²) in [6.45, 7) is 0.350. The van der Waals surface area contributed by atoms with Crippen LogP contribution in [0.15, 0.2) is 12.1 Å². The van der Waals surface area contributed by atoms with E-state index >= 15 is 0 Å². The molecule has 6 nitrogen and oxygen atoms in total. The number of quaternary nitrogens is 1. The molecular formula is C10H12I2N3O3+. The first-order chi connectivity index (χ1) is 8.31. The molecule has 0 aromatic heterocycles. The van der Waals surface area contributed by atoms with Crippen molar-refractivity contribution in [3.8, 4) is 0 Å². The van der Waals surface area contributed by atoms with Crippen LogP contribution in [0.25, 0.3) is 0 Å². The molecule has 0 fully saturated rings. The van der Waals surface area contributed by atoms with E-state index in [9.17, 15) is 14.9 Å². The Morgan fingerprint density at radius 3 is 2.28 bits per heavy atom. The van der Waals surface area contributed by atoms with E-state index in [-0.39, 0.29) is 11.6 Å². The molecule has 0 aliphatic heterocycles. The topological polar surface area (TPSA) is 76.7 Å². The van der Waals surface area contributed by atoms with E-state index in [1.807, 2.05) is 59.3 Å². The van der Waals surface area contributed by atoms with Crippen molar-refractivity contribution in [3.63, 3.8) is 0 Å². The van der Waals surface area contributed by atoms with Crippen LogP contribution in [0, 0.1) is 17.3 Å². The molecule has 0 saturated carbocycles. The number of hydrogen-bond acceptors (Lipinski definition) is 3. The van der Waals surface area contributed by atoms with Crippen molar-refractivity contribution in [2.45, 2.75) is 0 Å². The number of nitrogens with one attached hydrogen (secondary N) is 2. The van der Waals surface area contributed by atoms with Crippen LogP contribution in [0.2, 0.25) is 0 Å². The van der Waals surface area contributed by atoms with Crippen molar-refractivity contribution in [2.24, 2.45) is 0 Å². The Morgan fingerprint density at radius 1 is 1.39 bits per heavy atom. The lowest BCUT2D eigenvalue weighted by molar-refractivity contribution is -0.849. The first-order valence-corrected chi connectivity index (χ1v) is 7.19. The summed E-state index contributed by atoms with van der Waals surface area (Å²) in [4.78, 5) is 22.9. The Hall–Kier alpha value is -0.490. The van der Waals surface area contributed by atoms with Gasteiger partial charge in [-0.05, 0) is 45.2 Å². The minimum Gasteiger partial charge on any atom is -0.332 e. The number of benzene rings is 1. The number of carbonyl (C=O) groups is 1. The fourth-order valence-corrected chi connectivity index (χ4v) is 3.29. The van der Waals surface area contributed by atoms with Crippen LogP contribution in [0.5, 0.6) is 0 Å². The SMILES string of the molecule is C[NH+](C)CC(=O)Nc1c(I)cc([N+](=O)[O-])cc1I. The molecule has 1 aromatic rings. The Bertz CT molecular complexity index is 468. The lowest BCUT2D eigenvalue weighted by Gasteiger charge is -2.11. The van der Waals surface area contributed by atoms with E-state index in [4.69, 9.17) is 0 Å². The number of nitro benzene ring substituents is 1. The molecule has 0 radical (unpaired) electrons. The number of hydrogen-bond donors (Lipinski definition) is 2. The predicted octanol–water partition coefficient (Wildman–Crippen LogP) is 0.887. The molecule has 0 heterocycles. The van der Waals surface area contributed by atoms with Crippen molar-refractivity contribution in [1.29, 1.82) is 0 Å². The second-order valence-corrected chi connectivity index (χ2v) is 6.30. The minimum absolute atomic E-state index is 0.0278. The number of anilines is 1. The standard InChI is InChI=1S/C10H11I2N3O3/c1-14(2)5-9(16)13-10-7(11)3-6(15(17)18)4-8(10)12/h3-4H,5H2,1-2H3,(H,13,16)/p+1. The van der Waals surface area contributed by atoms with Crippen LogP contribution in [-0.4, -0.2) is 31.5 Å². The zero-order valence-electron chi connectivity index (χ0n) is 9.79. The van der Waals surface area contributed by atoms with Crippen LogP contribution in [0.1, 0.15) is 0 Å². The maximum absolute atomic E-state index is 11.7. The van der Waals surface area contributed by atoms with Crippen LogP contribution in [0.3, 0.4) is 0 Å². The molecule has 0 bridgehead atoms. The van der Waals surface area contributed by atoms with Gasteiger partial charge >= 0.3 is 0 Å². The number of likely N-dealkylation sites (N-methyl/N-ethyl adjacent to an activating group) is 1. The Kier molecular flexibility index (Phi) is 5.72. The molecule has 0 aliphatic carbocycles. The van der Waals surface area contributed by atoms with E-state index in [0.29, 0.717) is 19.4 Å². The highest BCUT2D eigenvalue weighted by atomic mass is 127. The van der Waals surface area contributed by atoms with E-state index in [2.05, 4.69) is 5.32 Å². The van der Waals surface area contributed by atoms with Crippen LogP contribution in [0.4, 0.5) is 11.4 Å². The maximum Gasteiger partial charge on any atom is 0.279 e. The second-order valence-electron chi connectivity index (χ2n) is 3.97. The van der Waals surface area contributed by atoms with E-state index in [1.54, 1.807) is 0 Å². The predicted molar refractivity (Wildman–Crippen MR) is 84.8 cm³/mol. The number of nitrogens with zero attached hydrogens (tertiary/aromatic N) is 1. The molecule has 1 rings (SSSR count). The molecule has 0 saturated heterocycles. The number of amides is 1. The van der Waals surface area contributed by atoms with Gasteiger partial charge in [0.05, 0.1) is 24.7 Å². The van der Waals surface area contributed by atoms with Gasteiger partial charge in [0.2, 0.25) is 0 Å². The monoisotopic (exact) mass is 476 g/mol. The molecule has 0 aliphatic rings. The van der Waals surface area contributed by atoms with Crippen molar-refractivity contribution in [2.75, 3.05) is 26.0 Å². The Balaban J connectivity index is 2.97. The molecule has 18 heavy (non-hydrogen) atoms. The summed E-state index contributed by atoms with van der Waals surface area (Å²) in [5.74, 6) is -0.111. The number of carbonyl (C=O) groups excluding carboxylic acids is 1. The first-order valence-electron chi connectivity index (χ1n) is 5.03. The van der Waals surface area contributed by atoms with Gasteiger partial charge in [-0.2, -0.15) is 0 Å². The van der Waals surface area contributed by atoms with Gasteiger partial charge in [0.15, 0.2) is 6.54 Å². The molecule has 1 aromatic carbocycles. The minimum atomic E-state index is -0.445. The molecule has 2 N–H and O–H groups in total. The summed E-state index contributed by atoms with van der Waals surface area (Å²) >= 11 is 3.96. The largest absolute Gasteiger partial charge is 0.332 e. The number of halogens is 2. The second kappa shape index (κ2) is 6.61. The molecule has 0 unspecified atom stereocenters. The third-order valence-corrected chi connectivity index (χ3v) is 3.72. The summed E-state index contributed by atoms with van der Waals surface area (Å²) < 4.78 is 1.32. The lowest BCUT2D eigenvalue weighted by atomic mass is 10.3. The van der Waals surface area contributed by atoms with Gasteiger partial charge < -0.3 is 10.2 Å². The van der Waals surface area contributed by atoms with Crippen molar-refractivity contribution in [3.05, 3.63) is 29.4 Å². The lowest BCUT2D eigenvalue weighted by Crippen LogP contribution is -3.06. The highest BCUT2D eigenvalue weighted by Gasteiger charge is 2.16. The van der Waals surface area contributed by atoms with Gasteiger partial charge in [-0.25, -0.2) is 0 Å². The number of non-ortho nitro benzene ring substituents is 1. The fraction of sp³-hybridized carbons (Fsp3) is 0.300. The quantitative estimate of drug-likeness (QED) is 0.386. The summed E-state index contributed by atoms with van der Waals surface area (Å²) in [5.41, 5.74) is 0.660. The van der Waals surface area contributed by atoms with Crippen LogP contribution in [-0.2, 0) is 4.79 Å². The highest BCUT2D eigenvalue weighted by molar-refractivity contribution is 14.1. The average Bonchev–Trinajstić information content (AvgIpc) is 2.21. The zero-order valence-corrected chi connectivity index (χ0v) is 14.1. The molecule has 0 atom stereocenters. The fourth-order valence-electron chi connectivity index (χ4n) is 1.29. The molecule has 0 spiro atoms. The molecule has 1 amide bonds. The maximum atomic E-state index is 11.7. The summed E-state index contributed by atoms with van der Waals surface area (Å²) in [7, 11) is 3.76. The van der Waals surface area contributed by atoms with Gasteiger partial charge in [0.25, 0.3) is 11.6 Å². The van der Waals surface area contributed by atoms with Crippen LogP contribution < -0.4 is 10.2 Å². The smallest absolute Gasteiger partial charge is 0.279 e. The van der Waals surface area contributed by atoms with Crippen molar-refractivity contribution < 1.29 is 14.6 Å². The molecular weight excluding hydrogens is 464 g/mol. The Labute approximate surface area is 132 Å². The Morgan fingerprint density at radius 2 is 1.89 bits per heavy atom. The zero-order chi connectivity index (χ0) is 13.9. The van der Waals surface area contributed by atoms with Gasteiger partial charge in [0, 0.05) is 19.3 Å². The van der Waals surface area contributed by atoms with E-state index < -0.39 is 4.92 Å². The molecule has 8 heteroatoms. The van der Waals surface area contributed by atoms with Crippen molar-refractivity contribution in [1.82, 2.24) is 0 Å². The summed E-state index contributed by atoms with van der Waals surface area (Å²) in [5, 5.41) is 13.5. The molecule has 98 valence electrons. The highest BCUT2D eigenvalue weighted by Crippen LogP contribution is 2.29.